The molecule has 0 bridgehead atoms. The van der Waals surface area contributed by atoms with E-state index in [1.54, 1.807) is 0 Å². The number of nitrogens with one attached hydrogen (secondary N) is 2. The van der Waals surface area contributed by atoms with Gasteiger partial charge in [0.2, 0.25) is 0 Å². The largest absolute Gasteiger partial charge is 0.480 e. The third kappa shape index (κ3) is 5.78. The van der Waals surface area contributed by atoms with Gasteiger partial charge in [0.05, 0.1) is 0 Å². The number of urea groups is 1. The molecule has 0 aromatic heterocycles. The SMILES string of the molecule is CC(NC(=O)NCCN1CCSCC1)C(=O)O. The summed E-state index contributed by atoms with van der Waals surface area (Å²) >= 11 is 1.94. The molecule has 6 nitrogen and oxygen atoms in total. The average Bonchev–Trinajstić information content (AvgIpc) is 2.30. The Bertz CT molecular complexity index is 270. The van der Waals surface area contributed by atoms with Gasteiger partial charge >= 0.3 is 12.0 Å². The van der Waals surface area contributed by atoms with E-state index in [0.29, 0.717) is 6.54 Å². The fourth-order valence-electron chi connectivity index (χ4n) is 1.46. The van der Waals surface area contributed by atoms with Crippen LogP contribution in [-0.2, 0) is 4.79 Å². The molecule has 2 amide bonds. The Kier molecular flexibility index (Phi) is 6.13. The van der Waals surface area contributed by atoms with Crippen molar-refractivity contribution >= 4 is 23.8 Å². The van der Waals surface area contributed by atoms with Crippen molar-refractivity contribution in [2.45, 2.75) is 13.0 Å². The summed E-state index contributed by atoms with van der Waals surface area (Å²) in [6.45, 7) is 4.90. The van der Waals surface area contributed by atoms with E-state index in [9.17, 15) is 9.59 Å². The summed E-state index contributed by atoms with van der Waals surface area (Å²) in [4.78, 5) is 24.1. The summed E-state index contributed by atoms with van der Waals surface area (Å²) in [6, 6.07) is -1.28. The minimum absolute atomic E-state index is 0.425. The van der Waals surface area contributed by atoms with Crippen molar-refractivity contribution < 1.29 is 14.7 Å². The third-order valence-electron chi connectivity index (χ3n) is 2.54. The number of carboxylic acid groups (broad SMARTS) is 1. The maximum atomic E-state index is 11.3. The lowest BCUT2D eigenvalue weighted by Crippen LogP contribution is -2.47. The Balaban J connectivity index is 2.09. The number of aliphatic carboxylic acids is 1. The molecule has 1 rings (SSSR count). The highest BCUT2D eigenvalue weighted by atomic mass is 32.2. The minimum atomic E-state index is -1.03. The summed E-state index contributed by atoms with van der Waals surface area (Å²) in [5.41, 5.74) is 0. The molecule has 0 aliphatic carbocycles. The maximum Gasteiger partial charge on any atom is 0.325 e. The number of nitrogens with zero attached hydrogens (tertiary/aromatic N) is 1. The molecule has 1 aliphatic heterocycles. The van der Waals surface area contributed by atoms with Crippen LogP contribution in [0.3, 0.4) is 0 Å². The molecule has 0 aromatic rings. The molecule has 1 saturated heterocycles. The summed E-state index contributed by atoms with van der Waals surface area (Å²) in [5.74, 6) is 1.25. The fourth-order valence-corrected chi connectivity index (χ4v) is 2.44. The normalized spacial score (nSPS) is 18.4. The Morgan fingerprint density at radius 2 is 2.06 bits per heavy atom. The molecule has 7 heteroatoms. The van der Waals surface area contributed by atoms with Crippen molar-refractivity contribution in [1.82, 2.24) is 15.5 Å². The first-order chi connectivity index (χ1) is 8.09. The van der Waals surface area contributed by atoms with Crippen LogP contribution in [0.1, 0.15) is 6.92 Å². The van der Waals surface area contributed by atoms with Gasteiger partial charge in [-0.05, 0) is 6.92 Å². The molecule has 0 spiro atoms. The number of thioether (sulfide) groups is 1. The second-order valence-electron chi connectivity index (χ2n) is 3.91. The number of rotatable bonds is 5. The number of hydrogen-bond acceptors (Lipinski definition) is 4. The predicted octanol–water partition coefficient (Wildman–Crippen LogP) is -0.192. The van der Waals surface area contributed by atoms with E-state index in [1.807, 2.05) is 11.8 Å². The Hall–Kier alpha value is -0.950. The van der Waals surface area contributed by atoms with Gasteiger partial charge in [0.1, 0.15) is 6.04 Å². The van der Waals surface area contributed by atoms with Crippen LogP contribution in [0.25, 0.3) is 0 Å². The van der Waals surface area contributed by atoms with Crippen LogP contribution in [0.5, 0.6) is 0 Å². The average molecular weight is 261 g/mol. The quantitative estimate of drug-likeness (QED) is 0.639. The van der Waals surface area contributed by atoms with Crippen LogP contribution in [-0.4, -0.2) is 65.7 Å². The highest BCUT2D eigenvalue weighted by molar-refractivity contribution is 7.99. The second-order valence-corrected chi connectivity index (χ2v) is 5.14. The first-order valence-corrected chi connectivity index (χ1v) is 6.82. The van der Waals surface area contributed by atoms with Gasteiger partial charge in [-0.2, -0.15) is 11.8 Å². The van der Waals surface area contributed by atoms with Crippen molar-refractivity contribution in [3.63, 3.8) is 0 Å². The highest BCUT2D eigenvalue weighted by Gasteiger charge is 2.14. The third-order valence-corrected chi connectivity index (χ3v) is 3.48. The van der Waals surface area contributed by atoms with Crippen molar-refractivity contribution in [2.75, 3.05) is 37.7 Å². The Morgan fingerprint density at radius 1 is 1.41 bits per heavy atom. The molecular formula is C10H19N3O3S. The topological polar surface area (TPSA) is 81.7 Å². The molecule has 1 fully saturated rings. The maximum absolute atomic E-state index is 11.3. The molecule has 0 saturated carbocycles. The van der Waals surface area contributed by atoms with E-state index in [0.717, 1.165) is 31.1 Å². The molecule has 0 aromatic carbocycles. The van der Waals surface area contributed by atoms with Crippen molar-refractivity contribution in [2.24, 2.45) is 0 Å². The first kappa shape index (κ1) is 14.1. The highest BCUT2D eigenvalue weighted by Crippen LogP contribution is 2.07. The molecule has 0 radical (unpaired) electrons. The molecule has 1 heterocycles. The Labute approximate surface area is 105 Å². The van der Waals surface area contributed by atoms with E-state index in [4.69, 9.17) is 5.11 Å². The standard InChI is InChI=1S/C10H19N3O3S/c1-8(9(14)15)12-10(16)11-2-3-13-4-6-17-7-5-13/h8H,2-7H2,1H3,(H,14,15)(H2,11,12,16). The summed E-state index contributed by atoms with van der Waals surface area (Å²) in [7, 11) is 0. The zero-order valence-corrected chi connectivity index (χ0v) is 10.8. The lowest BCUT2D eigenvalue weighted by Gasteiger charge is -2.26. The van der Waals surface area contributed by atoms with Gasteiger partial charge in [-0.25, -0.2) is 4.79 Å². The number of carbonyl (C=O) groups is 2. The lowest BCUT2D eigenvalue weighted by atomic mass is 10.3. The summed E-state index contributed by atoms with van der Waals surface area (Å²) < 4.78 is 0. The van der Waals surface area contributed by atoms with Crippen LogP contribution in [0.4, 0.5) is 4.79 Å². The first-order valence-electron chi connectivity index (χ1n) is 5.67. The zero-order chi connectivity index (χ0) is 12.7. The van der Waals surface area contributed by atoms with Crippen molar-refractivity contribution in [3.05, 3.63) is 0 Å². The smallest absolute Gasteiger partial charge is 0.325 e. The fraction of sp³-hybridized carbons (Fsp3) is 0.800. The number of amides is 2. The molecule has 17 heavy (non-hydrogen) atoms. The predicted molar refractivity (Wildman–Crippen MR) is 67.4 cm³/mol. The lowest BCUT2D eigenvalue weighted by molar-refractivity contribution is -0.138. The van der Waals surface area contributed by atoms with Crippen molar-refractivity contribution in [3.8, 4) is 0 Å². The van der Waals surface area contributed by atoms with Gasteiger partial charge in [-0.15, -0.1) is 0 Å². The Morgan fingerprint density at radius 3 is 2.65 bits per heavy atom. The van der Waals surface area contributed by atoms with Gasteiger partial charge in [0.25, 0.3) is 0 Å². The summed E-state index contributed by atoms with van der Waals surface area (Å²) in [6.07, 6.45) is 0. The monoisotopic (exact) mass is 261 g/mol. The van der Waals surface area contributed by atoms with E-state index in [1.165, 1.54) is 6.92 Å². The van der Waals surface area contributed by atoms with Gasteiger partial charge in [0.15, 0.2) is 0 Å². The summed E-state index contributed by atoms with van der Waals surface area (Å²) in [5, 5.41) is 13.6. The van der Waals surface area contributed by atoms with Crippen LogP contribution in [0, 0.1) is 0 Å². The van der Waals surface area contributed by atoms with Gasteiger partial charge in [-0.3, -0.25) is 9.69 Å². The van der Waals surface area contributed by atoms with Gasteiger partial charge in [0, 0.05) is 37.7 Å². The number of carbonyl (C=O) groups excluding carboxylic acids is 1. The molecule has 1 unspecified atom stereocenters. The zero-order valence-electron chi connectivity index (χ0n) is 9.94. The van der Waals surface area contributed by atoms with Gasteiger partial charge in [-0.1, -0.05) is 0 Å². The minimum Gasteiger partial charge on any atom is -0.480 e. The molecule has 98 valence electrons. The van der Waals surface area contributed by atoms with E-state index in [-0.39, 0.29) is 0 Å². The molecule has 1 aliphatic rings. The van der Waals surface area contributed by atoms with Crippen LogP contribution in [0.2, 0.25) is 0 Å². The molecular weight excluding hydrogens is 242 g/mol. The van der Waals surface area contributed by atoms with Crippen molar-refractivity contribution in [1.29, 1.82) is 0 Å². The van der Waals surface area contributed by atoms with E-state index in [2.05, 4.69) is 15.5 Å². The van der Waals surface area contributed by atoms with Crippen LogP contribution < -0.4 is 10.6 Å². The van der Waals surface area contributed by atoms with E-state index < -0.39 is 18.0 Å². The molecule has 1 atom stereocenters. The molecule has 3 N–H and O–H groups in total. The number of carboxylic acids is 1. The van der Waals surface area contributed by atoms with Crippen LogP contribution in [0.15, 0.2) is 0 Å². The number of hydrogen-bond donors (Lipinski definition) is 3. The van der Waals surface area contributed by atoms with E-state index >= 15 is 0 Å². The van der Waals surface area contributed by atoms with Crippen LogP contribution >= 0.6 is 11.8 Å². The van der Waals surface area contributed by atoms with Gasteiger partial charge < -0.3 is 15.7 Å². The second kappa shape index (κ2) is 7.39.